The molecule has 0 amide bonds. The zero-order valence-corrected chi connectivity index (χ0v) is 11.2. The van der Waals surface area contributed by atoms with Crippen LogP contribution in [-0.4, -0.2) is 4.98 Å². The maximum absolute atomic E-state index is 13.7. The molecule has 0 aliphatic heterocycles. The van der Waals surface area contributed by atoms with E-state index in [0.717, 1.165) is 12.1 Å². The Hall–Kier alpha value is -1.65. The van der Waals surface area contributed by atoms with Gasteiger partial charge in [-0.2, -0.15) is 0 Å². The highest BCUT2D eigenvalue weighted by Gasteiger charge is 2.09. The van der Waals surface area contributed by atoms with E-state index in [1.54, 1.807) is 18.2 Å². The maximum atomic E-state index is 13.7. The molecule has 2 N–H and O–H groups in total. The lowest BCUT2D eigenvalue weighted by atomic mass is 10.1. The number of hydrogen-bond acceptors (Lipinski definition) is 3. The van der Waals surface area contributed by atoms with Crippen molar-refractivity contribution < 1.29 is 9.13 Å². The Morgan fingerprint density at radius 1 is 1.37 bits per heavy atom. The minimum absolute atomic E-state index is 0.0232. The second kappa shape index (κ2) is 5.99. The molecule has 0 aliphatic rings. The van der Waals surface area contributed by atoms with E-state index in [2.05, 4.69) is 4.98 Å². The van der Waals surface area contributed by atoms with Gasteiger partial charge in [0, 0.05) is 6.04 Å². The molecule has 3 nitrogen and oxygen atoms in total. The first kappa shape index (κ1) is 13.8. The molecule has 1 aromatic carbocycles. The first-order valence-electron chi connectivity index (χ1n) is 5.95. The zero-order chi connectivity index (χ0) is 13.8. The molecule has 1 heterocycles. The molecule has 0 fully saturated rings. The Labute approximate surface area is 116 Å². The fourth-order valence-corrected chi connectivity index (χ4v) is 1.74. The van der Waals surface area contributed by atoms with Gasteiger partial charge < -0.3 is 10.5 Å². The van der Waals surface area contributed by atoms with Crippen molar-refractivity contribution in [1.82, 2.24) is 4.98 Å². The predicted octanol–water partition coefficient (Wildman–Crippen LogP) is 4.08. The van der Waals surface area contributed by atoms with Crippen molar-refractivity contribution in [1.29, 1.82) is 0 Å². The van der Waals surface area contributed by atoms with E-state index in [1.165, 1.54) is 18.3 Å². The Morgan fingerprint density at radius 2 is 2.16 bits per heavy atom. The van der Waals surface area contributed by atoms with Crippen LogP contribution in [0.5, 0.6) is 11.5 Å². The van der Waals surface area contributed by atoms with Crippen LogP contribution in [0.4, 0.5) is 4.39 Å². The van der Waals surface area contributed by atoms with Crippen LogP contribution in [-0.2, 0) is 0 Å². The highest BCUT2D eigenvalue weighted by atomic mass is 35.5. The van der Waals surface area contributed by atoms with Crippen molar-refractivity contribution in [3.8, 4) is 11.5 Å². The van der Waals surface area contributed by atoms with Crippen LogP contribution in [0.1, 0.15) is 25.1 Å². The Balaban J connectivity index is 2.18. The molecule has 0 bridgehead atoms. The van der Waals surface area contributed by atoms with Crippen LogP contribution in [0.2, 0.25) is 5.02 Å². The number of halogens is 2. The summed E-state index contributed by atoms with van der Waals surface area (Å²) in [5.74, 6) is -0.0754. The minimum Gasteiger partial charge on any atom is -0.453 e. The molecule has 0 saturated heterocycles. The van der Waals surface area contributed by atoms with Crippen molar-refractivity contribution in [2.75, 3.05) is 0 Å². The summed E-state index contributed by atoms with van der Waals surface area (Å²) >= 11 is 5.68. The van der Waals surface area contributed by atoms with Gasteiger partial charge in [0.1, 0.15) is 5.75 Å². The normalized spacial score (nSPS) is 12.2. The Kier molecular flexibility index (Phi) is 4.35. The minimum atomic E-state index is -0.585. The molecule has 2 aromatic rings. The molecule has 1 aromatic heterocycles. The summed E-state index contributed by atoms with van der Waals surface area (Å²) in [5.41, 5.74) is 6.64. The average molecular weight is 281 g/mol. The van der Waals surface area contributed by atoms with Gasteiger partial charge >= 0.3 is 0 Å². The van der Waals surface area contributed by atoms with E-state index in [0.29, 0.717) is 5.75 Å². The summed E-state index contributed by atoms with van der Waals surface area (Å²) < 4.78 is 19.0. The van der Waals surface area contributed by atoms with E-state index in [1.807, 2.05) is 6.92 Å². The van der Waals surface area contributed by atoms with E-state index in [9.17, 15) is 4.39 Å². The first-order chi connectivity index (χ1) is 9.11. The van der Waals surface area contributed by atoms with Crippen molar-refractivity contribution in [2.24, 2.45) is 5.73 Å². The van der Waals surface area contributed by atoms with Gasteiger partial charge in [0.05, 0.1) is 16.9 Å². The summed E-state index contributed by atoms with van der Waals surface area (Å²) in [5, 5.41) is 0.0232. The molecular weight excluding hydrogens is 267 g/mol. The maximum Gasteiger partial charge on any atom is 0.184 e. The fourth-order valence-electron chi connectivity index (χ4n) is 1.57. The second-order valence-corrected chi connectivity index (χ2v) is 4.49. The molecule has 0 saturated carbocycles. The number of rotatable bonds is 4. The van der Waals surface area contributed by atoms with Crippen LogP contribution in [0, 0.1) is 5.82 Å². The lowest BCUT2D eigenvalue weighted by Gasteiger charge is -2.10. The lowest BCUT2D eigenvalue weighted by Crippen LogP contribution is -2.10. The van der Waals surface area contributed by atoms with Crippen molar-refractivity contribution in [3.63, 3.8) is 0 Å². The third kappa shape index (κ3) is 3.22. The largest absolute Gasteiger partial charge is 0.453 e. The number of nitrogens with two attached hydrogens (primary N) is 1. The summed E-state index contributed by atoms with van der Waals surface area (Å²) in [6.07, 6.45) is 2.32. The van der Waals surface area contributed by atoms with E-state index in [4.69, 9.17) is 22.1 Å². The molecule has 1 atom stereocenters. The Bertz CT molecular complexity index is 560. The molecule has 5 heteroatoms. The highest BCUT2D eigenvalue weighted by molar-refractivity contribution is 6.30. The van der Waals surface area contributed by atoms with Gasteiger partial charge in [0.25, 0.3) is 0 Å². The number of hydrogen-bond donors (Lipinski definition) is 1. The first-order valence-corrected chi connectivity index (χ1v) is 6.33. The summed E-state index contributed by atoms with van der Waals surface area (Å²) in [7, 11) is 0. The van der Waals surface area contributed by atoms with Crippen molar-refractivity contribution in [2.45, 2.75) is 19.4 Å². The third-order valence-corrected chi connectivity index (χ3v) is 3.01. The molecule has 0 unspecified atom stereocenters. The van der Waals surface area contributed by atoms with Crippen molar-refractivity contribution in [3.05, 3.63) is 53.1 Å². The standard InChI is InChI=1S/C14H14ClFN2O/c1-2-11(17)12-7-6-9(8-18-12)19-13-5-3-4-10(15)14(13)16/h3-8,11H,2,17H2,1H3/t11-/m1/s1. The summed E-state index contributed by atoms with van der Waals surface area (Å²) in [6.45, 7) is 1.98. The number of ether oxygens (including phenoxy) is 1. The third-order valence-electron chi connectivity index (χ3n) is 2.72. The van der Waals surface area contributed by atoms with E-state index >= 15 is 0 Å². The molecular formula is C14H14ClFN2O. The summed E-state index contributed by atoms with van der Waals surface area (Å²) in [4.78, 5) is 4.19. The van der Waals surface area contributed by atoms with Gasteiger partial charge in [0.2, 0.25) is 0 Å². The summed E-state index contributed by atoms with van der Waals surface area (Å²) in [6, 6.07) is 7.97. The van der Waals surface area contributed by atoms with Gasteiger partial charge in [-0.15, -0.1) is 0 Å². The molecule has 2 rings (SSSR count). The fraction of sp³-hybridized carbons (Fsp3) is 0.214. The average Bonchev–Trinajstić information content (AvgIpc) is 2.44. The zero-order valence-electron chi connectivity index (χ0n) is 10.4. The van der Waals surface area contributed by atoms with Gasteiger partial charge in [-0.05, 0) is 30.7 Å². The molecule has 0 spiro atoms. The molecule has 0 radical (unpaired) electrons. The van der Waals surface area contributed by atoms with Crippen LogP contribution >= 0.6 is 11.6 Å². The van der Waals surface area contributed by atoms with E-state index < -0.39 is 5.82 Å². The topological polar surface area (TPSA) is 48.1 Å². The monoisotopic (exact) mass is 280 g/mol. The quantitative estimate of drug-likeness (QED) is 0.918. The van der Waals surface area contributed by atoms with E-state index in [-0.39, 0.29) is 16.8 Å². The van der Waals surface area contributed by atoms with Gasteiger partial charge in [0.15, 0.2) is 11.6 Å². The van der Waals surface area contributed by atoms with Crippen molar-refractivity contribution >= 4 is 11.6 Å². The number of aromatic nitrogens is 1. The van der Waals surface area contributed by atoms with Gasteiger partial charge in [-0.3, -0.25) is 4.98 Å². The number of benzene rings is 1. The highest BCUT2D eigenvalue weighted by Crippen LogP contribution is 2.28. The SMILES string of the molecule is CC[C@@H](N)c1ccc(Oc2cccc(Cl)c2F)cn1. The number of nitrogens with zero attached hydrogens (tertiary/aromatic N) is 1. The van der Waals surface area contributed by atoms with Gasteiger partial charge in [-0.1, -0.05) is 24.6 Å². The van der Waals surface area contributed by atoms with Crippen LogP contribution < -0.4 is 10.5 Å². The predicted molar refractivity (Wildman–Crippen MR) is 72.9 cm³/mol. The lowest BCUT2D eigenvalue weighted by molar-refractivity contribution is 0.440. The Morgan fingerprint density at radius 3 is 2.79 bits per heavy atom. The molecule has 100 valence electrons. The smallest absolute Gasteiger partial charge is 0.184 e. The second-order valence-electron chi connectivity index (χ2n) is 4.09. The van der Waals surface area contributed by atoms with Crippen LogP contribution in [0.15, 0.2) is 36.5 Å². The molecule has 0 aliphatic carbocycles. The van der Waals surface area contributed by atoms with Gasteiger partial charge in [-0.25, -0.2) is 4.39 Å². The van der Waals surface area contributed by atoms with Crippen LogP contribution in [0.3, 0.4) is 0 Å². The number of pyridine rings is 1. The molecule has 19 heavy (non-hydrogen) atoms. The van der Waals surface area contributed by atoms with Crippen LogP contribution in [0.25, 0.3) is 0 Å².